The number of rotatable bonds is 9. The molecule has 1 N–H and O–H groups in total. The lowest BCUT2D eigenvalue weighted by Gasteiger charge is -2.31. The van der Waals surface area contributed by atoms with E-state index in [2.05, 4.69) is 153 Å². The quantitative estimate of drug-likeness (QED) is 0.154. The predicted octanol–water partition coefficient (Wildman–Crippen LogP) is 6.45. The zero-order chi connectivity index (χ0) is 30.9. The minimum Gasteiger partial charge on any atom is -1.00 e. The lowest BCUT2D eigenvalue weighted by Crippen LogP contribution is -3.00. The standard InChI is InChI=1S/C38H41IN2O2.HI/c1-7-8-18-32(36(42)43)41-31-23-21-26-16-14-15-17-28(26)35(31)38(4,5)34(41)20-13-11-9-10-12-19-33-37(2,3)29-25-27(39)22-24-30(29)40(33)6;/h9-17,19-25,32H,7-8,18H2,1-6H3;1H. The first-order valence-corrected chi connectivity index (χ1v) is 16.3. The van der Waals surface area contributed by atoms with Gasteiger partial charge in [0.25, 0.3) is 0 Å². The van der Waals surface area contributed by atoms with E-state index in [0.717, 1.165) is 24.2 Å². The fourth-order valence-corrected chi connectivity index (χ4v) is 7.35. The lowest BCUT2D eigenvalue weighted by atomic mass is 9.81. The fourth-order valence-electron chi connectivity index (χ4n) is 6.86. The van der Waals surface area contributed by atoms with Crippen LogP contribution in [0.2, 0.25) is 0 Å². The first-order valence-electron chi connectivity index (χ1n) is 15.2. The third kappa shape index (κ3) is 6.21. The molecular formula is C38H42I2N2O2. The molecule has 0 aromatic heterocycles. The van der Waals surface area contributed by atoms with Crippen LogP contribution in [0, 0.1) is 3.57 Å². The topological polar surface area (TPSA) is 43.5 Å². The third-order valence-electron chi connectivity index (χ3n) is 9.07. The first-order chi connectivity index (χ1) is 20.5. The molecule has 0 radical (unpaired) electrons. The Hall–Kier alpha value is -2.72. The van der Waals surface area contributed by atoms with Crippen molar-refractivity contribution < 1.29 is 38.5 Å². The summed E-state index contributed by atoms with van der Waals surface area (Å²) in [6.45, 7) is 11.1. The molecule has 0 spiro atoms. The maximum absolute atomic E-state index is 12.6. The van der Waals surface area contributed by atoms with E-state index >= 15 is 0 Å². The second-order valence-electron chi connectivity index (χ2n) is 12.6. The van der Waals surface area contributed by atoms with Gasteiger partial charge in [0.05, 0.1) is 5.41 Å². The van der Waals surface area contributed by atoms with E-state index in [-0.39, 0.29) is 34.8 Å². The van der Waals surface area contributed by atoms with Crippen LogP contribution in [0.4, 0.5) is 11.4 Å². The van der Waals surface area contributed by atoms with Crippen molar-refractivity contribution in [2.75, 3.05) is 11.9 Å². The Morgan fingerprint density at radius 1 is 0.977 bits per heavy atom. The van der Waals surface area contributed by atoms with Gasteiger partial charge in [0, 0.05) is 38.1 Å². The number of unbranched alkanes of at least 4 members (excludes halogenated alkanes) is 1. The molecule has 44 heavy (non-hydrogen) atoms. The highest BCUT2D eigenvalue weighted by molar-refractivity contribution is 14.1. The van der Waals surface area contributed by atoms with Crippen molar-refractivity contribution >= 4 is 56.4 Å². The Labute approximate surface area is 293 Å². The molecule has 4 nitrogen and oxygen atoms in total. The summed E-state index contributed by atoms with van der Waals surface area (Å²) in [6.07, 6.45) is 17.0. The number of halogens is 2. The monoisotopic (exact) mass is 812 g/mol. The summed E-state index contributed by atoms with van der Waals surface area (Å²) in [4.78, 5) is 14.7. The van der Waals surface area contributed by atoms with E-state index in [1.54, 1.807) is 0 Å². The van der Waals surface area contributed by atoms with Gasteiger partial charge in [0.2, 0.25) is 5.69 Å². The average molecular weight is 813 g/mol. The zero-order valence-electron chi connectivity index (χ0n) is 26.4. The molecule has 0 amide bonds. The number of aliphatic carboxylic acids is 1. The minimum atomic E-state index is -0.778. The van der Waals surface area contributed by atoms with Crippen LogP contribution in [-0.2, 0) is 15.6 Å². The van der Waals surface area contributed by atoms with Crippen LogP contribution in [0.1, 0.15) is 65.0 Å². The summed E-state index contributed by atoms with van der Waals surface area (Å²) < 4.78 is 3.54. The van der Waals surface area contributed by atoms with Crippen molar-refractivity contribution in [2.45, 2.75) is 70.8 Å². The molecule has 0 aliphatic carbocycles. The number of allylic oxidation sites excluding steroid dienone is 8. The largest absolute Gasteiger partial charge is 1.00 e. The number of hydrogen-bond donors (Lipinski definition) is 1. The van der Waals surface area contributed by atoms with Gasteiger partial charge in [-0.2, -0.15) is 4.58 Å². The average Bonchev–Trinajstić information content (AvgIpc) is 3.30. The van der Waals surface area contributed by atoms with Crippen LogP contribution in [-0.4, -0.2) is 34.5 Å². The van der Waals surface area contributed by atoms with Gasteiger partial charge in [0.15, 0.2) is 5.71 Å². The fraction of sp³-hybridized carbons (Fsp3) is 0.316. The molecule has 2 aliphatic heterocycles. The molecule has 0 fully saturated rings. The summed E-state index contributed by atoms with van der Waals surface area (Å²) in [5.74, 6) is -0.778. The molecule has 2 heterocycles. The molecule has 0 saturated heterocycles. The van der Waals surface area contributed by atoms with E-state index in [0.29, 0.717) is 6.42 Å². The summed E-state index contributed by atoms with van der Waals surface area (Å²) >= 11 is 2.38. The number of nitrogens with zero attached hydrogens (tertiary/aromatic N) is 2. The zero-order valence-corrected chi connectivity index (χ0v) is 30.8. The molecule has 3 aromatic carbocycles. The summed E-state index contributed by atoms with van der Waals surface area (Å²) in [7, 11) is 2.14. The number of hydrogen-bond acceptors (Lipinski definition) is 2. The van der Waals surface area contributed by atoms with Gasteiger partial charge in [-0.25, -0.2) is 4.79 Å². The second kappa shape index (κ2) is 13.7. The SMILES string of the molecule is CCCCC(C(=O)O)N1\C(=C/C=C/C=C/C=C/C2=[N+](C)c3ccc(I)cc3C2(C)C)C(C)(C)c2c1ccc1ccccc21.[I-]. The molecule has 0 bridgehead atoms. The molecule has 1 atom stereocenters. The van der Waals surface area contributed by atoms with E-state index < -0.39 is 12.0 Å². The number of fused-ring (bicyclic) bond motifs is 4. The minimum absolute atomic E-state index is 0. The van der Waals surface area contributed by atoms with E-state index in [1.807, 2.05) is 18.2 Å². The van der Waals surface area contributed by atoms with Crippen LogP contribution >= 0.6 is 22.6 Å². The highest BCUT2D eigenvalue weighted by Gasteiger charge is 2.45. The third-order valence-corrected chi connectivity index (χ3v) is 9.74. The number of anilines is 1. The normalized spacial score (nSPS) is 18.5. The maximum atomic E-state index is 12.6. The Morgan fingerprint density at radius 2 is 1.68 bits per heavy atom. The van der Waals surface area contributed by atoms with E-state index in [1.165, 1.54) is 36.9 Å². The van der Waals surface area contributed by atoms with Gasteiger partial charge < -0.3 is 34.0 Å². The number of carboxylic acids is 1. The molecule has 230 valence electrons. The Bertz CT molecular complexity index is 1730. The number of benzene rings is 3. The Morgan fingerprint density at radius 3 is 2.41 bits per heavy atom. The summed E-state index contributed by atoms with van der Waals surface area (Å²) in [5.41, 5.74) is 6.67. The van der Waals surface area contributed by atoms with Crippen molar-refractivity contribution in [3.8, 4) is 0 Å². The van der Waals surface area contributed by atoms with Crippen LogP contribution in [0.3, 0.4) is 0 Å². The Balaban J connectivity index is 0.00000442. The predicted molar refractivity (Wildman–Crippen MR) is 189 cm³/mol. The molecule has 1 unspecified atom stereocenters. The van der Waals surface area contributed by atoms with Crippen LogP contribution in [0.5, 0.6) is 0 Å². The molecular weight excluding hydrogens is 770 g/mol. The Kier molecular flexibility index (Phi) is 10.7. The van der Waals surface area contributed by atoms with Crippen molar-refractivity contribution in [2.24, 2.45) is 0 Å². The van der Waals surface area contributed by atoms with Crippen molar-refractivity contribution in [1.82, 2.24) is 0 Å². The summed E-state index contributed by atoms with van der Waals surface area (Å²) in [5, 5.41) is 12.7. The van der Waals surface area contributed by atoms with Gasteiger partial charge in [-0.1, -0.05) is 94.3 Å². The van der Waals surface area contributed by atoms with Gasteiger partial charge in [-0.05, 0) is 83.5 Å². The van der Waals surface area contributed by atoms with Gasteiger partial charge in [0.1, 0.15) is 13.1 Å². The van der Waals surface area contributed by atoms with Crippen molar-refractivity contribution in [3.05, 3.63) is 118 Å². The number of carboxylic acid groups (broad SMARTS) is 1. The van der Waals surface area contributed by atoms with Gasteiger partial charge in [-0.3, -0.25) is 0 Å². The van der Waals surface area contributed by atoms with E-state index in [9.17, 15) is 9.90 Å². The molecule has 5 rings (SSSR count). The van der Waals surface area contributed by atoms with Crippen LogP contribution < -0.4 is 28.9 Å². The van der Waals surface area contributed by atoms with Crippen molar-refractivity contribution in [3.63, 3.8) is 0 Å². The number of carbonyl (C=O) groups is 1. The molecule has 0 saturated carbocycles. The van der Waals surface area contributed by atoms with Crippen LogP contribution in [0.25, 0.3) is 10.8 Å². The molecule has 2 aliphatic rings. The van der Waals surface area contributed by atoms with E-state index in [4.69, 9.17) is 0 Å². The molecule has 3 aromatic rings. The van der Waals surface area contributed by atoms with Gasteiger partial charge >= 0.3 is 5.97 Å². The highest BCUT2D eigenvalue weighted by atomic mass is 127. The maximum Gasteiger partial charge on any atom is 0.326 e. The lowest BCUT2D eigenvalue weighted by molar-refractivity contribution is -0.401. The van der Waals surface area contributed by atoms with Crippen LogP contribution in [0.15, 0.2) is 103 Å². The first kappa shape index (κ1) is 34.2. The van der Waals surface area contributed by atoms with Gasteiger partial charge in [-0.15, -0.1) is 0 Å². The molecule has 6 heteroatoms. The highest BCUT2D eigenvalue weighted by Crippen LogP contribution is 2.52. The van der Waals surface area contributed by atoms with Crippen molar-refractivity contribution in [1.29, 1.82) is 0 Å². The second-order valence-corrected chi connectivity index (χ2v) is 13.8. The smallest absolute Gasteiger partial charge is 0.326 e. The summed E-state index contributed by atoms with van der Waals surface area (Å²) in [6, 6.07) is 18.7.